The monoisotopic (exact) mass is 479 g/mol. The van der Waals surface area contributed by atoms with Crippen LogP contribution in [0.15, 0.2) is 48.7 Å². The number of ether oxygens (including phenoxy) is 1. The van der Waals surface area contributed by atoms with Crippen molar-refractivity contribution < 1.29 is 9.53 Å². The Morgan fingerprint density at radius 1 is 1.20 bits per heavy atom. The van der Waals surface area contributed by atoms with Crippen LogP contribution in [0, 0.1) is 24.7 Å². The van der Waals surface area contributed by atoms with Gasteiger partial charge in [-0.1, -0.05) is 64.1 Å². The predicted octanol–water partition coefficient (Wildman–Crippen LogP) is 4.84. The van der Waals surface area contributed by atoms with Gasteiger partial charge in [-0.15, -0.1) is 5.10 Å². The Balaban J connectivity index is 0.000000497. The smallest absolute Gasteiger partial charge is 0.226 e. The zero-order chi connectivity index (χ0) is 25.6. The van der Waals surface area contributed by atoms with Crippen LogP contribution in [0.3, 0.4) is 0 Å². The van der Waals surface area contributed by atoms with Crippen LogP contribution in [0.25, 0.3) is 5.65 Å². The first-order chi connectivity index (χ1) is 16.7. The normalized spacial score (nSPS) is 18.2. The minimum atomic E-state index is -0.915. The minimum Gasteiger partial charge on any atom is -0.370 e. The highest BCUT2D eigenvalue weighted by molar-refractivity contribution is 5.79. The molecule has 7 heteroatoms. The first kappa shape index (κ1) is 26.7. The summed E-state index contributed by atoms with van der Waals surface area (Å²) in [4.78, 5) is 19.9. The Labute approximate surface area is 209 Å². The molecule has 1 aliphatic heterocycles. The summed E-state index contributed by atoms with van der Waals surface area (Å²) in [5.41, 5.74) is 2.12. The van der Waals surface area contributed by atoms with E-state index in [1.165, 1.54) is 6.42 Å². The third kappa shape index (κ3) is 6.40. The Hall–Kier alpha value is -2.93. The summed E-state index contributed by atoms with van der Waals surface area (Å²) in [6.07, 6.45) is 3.25. The highest BCUT2D eigenvalue weighted by atomic mass is 16.5. The molecule has 1 fully saturated rings. The average Bonchev–Trinajstić information content (AvgIpc) is 3.50. The fourth-order valence-electron chi connectivity index (χ4n) is 4.24. The van der Waals surface area contributed by atoms with Gasteiger partial charge in [-0.3, -0.25) is 4.79 Å². The van der Waals surface area contributed by atoms with E-state index in [0.29, 0.717) is 24.2 Å². The van der Waals surface area contributed by atoms with Crippen molar-refractivity contribution in [3.8, 4) is 0 Å². The summed E-state index contributed by atoms with van der Waals surface area (Å²) in [5, 5.41) is 7.74. The van der Waals surface area contributed by atoms with Crippen LogP contribution in [0.2, 0.25) is 0 Å². The number of amides is 1. The molecule has 0 aliphatic carbocycles. The number of carbonyl (C=O) groups excluding carboxylic acids is 1. The molecule has 0 spiro atoms. The van der Waals surface area contributed by atoms with E-state index >= 15 is 0 Å². The predicted molar refractivity (Wildman–Crippen MR) is 142 cm³/mol. The van der Waals surface area contributed by atoms with Gasteiger partial charge < -0.3 is 15.0 Å². The summed E-state index contributed by atoms with van der Waals surface area (Å²) >= 11 is 0. The molecular weight excluding hydrogens is 438 g/mol. The molecule has 1 aromatic carbocycles. The van der Waals surface area contributed by atoms with E-state index in [0.717, 1.165) is 30.0 Å². The van der Waals surface area contributed by atoms with Gasteiger partial charge in [-0.05, 0) is 43.7 Å². The first-order valence-electron chi connectivity index (χ1n) is 12.6. The molecule has 1 aliphatic rings. The molecule has 3 unspecified atom stereocenters. The summed E-state index contributed by atoms with van der Waals surface area (Å²) in [6.45, 7) is 15.0. The fourth-order valence-corrected chi connectivity index (χ4v) is 4.24. The molecule has 3 atom stereocenters. The molecule has 2 aromatic heterocycles. The molecular formula is C28H41N5O2. The number of nitrogens with zero attached hydrogens (tertiary/aromatic N) is 4. The molecule has 1 amide bonds. The van der Waals surface area contributed by atoms with Gasteiger partial charge in [-0.2, -0.15) is 0 Å². The van der Waals surface area contributed by atoms with Gasteiger partial charge in [0.05, 0.1) is 17.8 Å². The highest BCUT2D eigenvalue weighted by Crippen LogP contribution is 2.33. The second-order valence-corrected chi connectivity index (χ2v) is 10.3. The standard InChI is InChI=1S/C22H35N5O2.C6H6/c1-14(2)11-23-20(28)17(5)22(6,29-7)21-24-19-16(4)10-18(13-27(19)25-21)26-9-8-15(3)12-26;1-2-4-6-5-3-1/h10,13-15,17H,8-9,11-12H2,1-7H3,(H,23,28);1-6H. The van der Waals surface area contributed by atoms with E-state index in [-0.39, 0.29) is 5.91 Å². The summed E-state index contributed by atoms with van der Waals surface area (Å²) in [5.74, 6) is 1.15. The van der Waals surface area contributed by atoms with Gasteiger partial charge in [-0.25, -0.2) is 9.50 Å². The lowest BCUT2D eigenvalue weighted by molar-refractivity contribution is -0.137. The minimum absolute atomic E-state index is 0.0506. The number of benzene rings is 1. The average molecular weight is 480 g/mol. The van der Waals surface area contributed by atoms with E-state index < -0.39 is 11.5 Å². The Morgan fingerprint density at radius 3 is 2.34 bits per heavy atom. The van der Waals surface area contributed by atoms with Crippen LogP contribution in [-0.2, 0) is 15.1 Å². The Kier molecular flexibility index (Phi) is 8.89. The van der Waals surface area contributed by atoms with Crippen molar-refractivity contribution in [3.05, 3.63) is 60.0 Å². The molecule has 35 heavy (non-hydrogen) atoms. The van der Waals surface area contributed by atoms with E-state index in [2.05, 4.69) is 44.0 Å². The summed E-state index contributed by atoms with van der Waals surface area (Å²) < 4.78 is 7.65. The van der Waals surface area contributed by atoms with Gasteiger partial charge in [0.1, 0.15) is 5.60 Å². The van der Waals surface area contributed by atoms with Crippen molar-refractivity contribution >= 4 is 17.2 Å². The number of rotatable bonds is 7. The SMILES string of the molecule is COC(C)(c1nc2c(C)cc(N3CCC(C)C3)cn2n1)C(C)C(=O)NCC(C)C.c1ccccc1. The number of anilines is 1. The maximum atomic E-state index is 12.7. The number of aryl methyl sites for hydroxylation is 1. The van der Waals surface area contributed by atoms with Gasteiger partial charge in [0.25, 0.3) is 0 Å². The zero-order valence-corrected chi connectivity index (χ0v) is 22.3. The largest absolute Gasteiger partial charge is 0.370 e. The Bertz CT molecular complexity index is 1070. The number of pyridine rings is 1. The van der Waals surface area contributed by atoms with Crippen LogP contribution in [0.4, 0.5) is 5.69 Å². The van der Waals surface area contributed by atoms with Crippen molar-refractivity contribution in [2.45, 2.75) is 53.6 Å². The van der Waals surface area contributed by atoms with E-state index in [4.69, 9.17) is 14.8 Å². The third-order valence-electron chi connectivity index (χ3n) is 6.83. The van der Waals surface area contributed by atoms with Crippen LogP contribution >= 0.6 is 0 Å². The van der Waals surface area contributed by atoms with Crippen molar-refractivity contribution in [1.82, 2.24) is 19.9 Å². The summed E-state index contributed by atoms with van der Waals surface area (Å²) in [6, 6.07) is 14.2. The van der Waals surface area contributed by atoms with Gasteiger partial charge in [0, 0.05) is 26.7 Å². The van der Waals surface area contributed by atoms with Crippen LogP contribution < -0.4 is 10.2 Å². The van der Waals surface area contributed by atoms with Crippen molar-refractivity contribution in [2.75, 3.05) is 31.6 Å². The number of fused-ring (bicyclic) bond motifs is 1. The van der Waals surface area contributed by atoms with Gasteiger partial charge >= 0.3 is 0 Å². The Morgan fingerprint density at radius 2 is 1.83 bits per heavy atom. The molecule has 4 rings (SSSR count). The van der Waals surface area contributed by atoms with Crippen LogP contribution in [-0.4, -0.2) is 47.2 Å². The lowest BCUT2D eigenvalue weighted by Gasteiger charge is -2.30. The molecule has 3 aromatic rings. The fraction of sp³-hybridized carbons (Fsp3) is 0.536. The van der Waals surface area contributed by atoms with Gasteiger partial charge in [0.15, 0.2) is 11.5 Å². The van der Waals surface area contributed by atoms with Crippen molar-refractivity contribution in [3.63, 3.8) is 0 Å². The van der Waals surface area contributed by atoms with Crippen LogP contribution in [0.5, 0.6) is 0 Å². The maximum Gasteiger partial charge on any atom is 0.226 e. The number of methoxy groups -OCH3 is 1. The third-order valence-corrected chi connectivity index (χ3v) is 6.83. The zero-order valence-electron chi connectivity index (χ0n) is 22.3. The molecule has 7 nitrogen and oxygen atoms in total. The van der Waals surface area contributed by atoms with Crippen molar-refractivity contribution in [1.29, 1.82) is 0 Å². The molecule has 1 saturated heterocycles. The molecule has 0 saturated carbocycles. The highest BCUT2D eigenvalue weighted by Gasteiger charge is 2.41. The van der Waals surface area contributed by atoms with E-state index in [9.17, 15) is 4.79 Å². The number of carbonyl (C=O) groups is 1. The molecule has 0 radical (unpaired) electrons. The van der Waals surface area contributed by atoms with Gasteiger partial charge in [0.2, 0.25) is 5.91 Å². The number of hydrogen-bond acceptors (Lipinski definition) is 5. The second kappa shape index (κ2) is 11.7. The van der Waals surface area contributed by atoms with E-state index in [1.54, 1.807) is 7.11 Å². The summed E-state index contributed by atoms with van der Waals surface area (Å²) in [7, 11) is 1.61. The second-order valence-electron chi connectivity index (χ2n) is 10.3. The molecule has 3 heterocycles. The van der Waals surface area contributed by atoms with Crippen molar-refractivity contribution in [2.24, 2.45) is 17.8 Å². The number of nitrogens with one attached hydrogen (secondary N) is 1. The lowest BCUT2D eigenvalue weighted by Crippen LogP contribution is -2.44. The maximum absolute atomic E-state index is 12.7. The van der Waals surface area contributed by atoms with Crippen LogP contribution in [0.1, 0.15) is 52.4 Å². The van der Waals surface area contributed by atoms with E-state index in [1.807, 2.05) is 61.0 Å². The molecule has 190 valence electrons. The molecule has 0 bridgehead atoms. The first-order valence-corrected chi connectivity index (χ1v) is 12.6. The molecule has 1 N–H and O–H groups in total. The number of aromatic nitrogens is 3. The number of hydrogen-bond donors (Lipinski definition) is 1. The quantitative estimate of drug-likeness (QED) is 0.525. The topological polar surface area (TPSA) is 71.8 Å². The lowest BCUT2D eigenvalue weighted by atomic mass is 9.88.